The van der Waals surface area contributed by atoms with Crippen molar-refractivity contribution in [2.45, 2.75) is 13.0 Å². The van der Waals surface area contributed by atoms with E-state index in [1.54, 1.807) is 18.0 Å². The van der Waals surface area contributed by atoms with Gasteiger partial charge in [0.2, 0.25) is 5.91 Å². The third kappa shape index (κ3) is 3.37. The fraction of sp³-hybridized carbons (Fsp3) is 0.364. The van der Waals surface area contributed by atoms with E-state index < -0.39 is 0 Å². The van der Waals surface area contributed by atoms with Crippen molar-refractivity contribution >= 4 is 29.1 Å². The Kier molecular flexibility index (Phi) is 5.06. The highest BCUT2D eigenvalue weighted by Crippen LogP contribution is 2.26. The van der Waals surface area contributed by atoms with Crippen LogP contribution < -0.4 is 5.73 Å². The van der Waals surface area contributed by atoms with Gasteiger partial charge in [-0.05, 0) is 11.6 Å². The van der Waals surface area contributed by atoms with Gasteiger partial charge in [-0.1, -0.05) is 35.3 Å². The molecule has 0 spiro atoms. The van der Waals surface area contributed by atoms with Gasteiger partial charge < -0.3 is 10.6 Å². The summed E-state index contributed by atoms with van der Waals surface area (Å²) in [7, 11) is 1.72. The van der Waals surface area contributed by atoms with Crippen molar-refractivity contribution in [1.82, 2.24) is 4.90 Å². The highest BCUT2D eigenvalue weighted by molar-refractivity contribution is 6.42. The third-order valence-corrected chi connectivity index (χ3v) is 3.08. The first-order valence-electron chi connectivity index (χ1n) is 4.93. The van der Waals surface area contributed by atoms with Gasteiger partial charge >= 0.3 is 0 Å². The molecule has 0 radical (unpaired) electrons. The second kappa shape index (κ2) is 6.09. The van der Waals surface area contributed by atoms with E-state index >= 15 is 0 Å². The van der Waals surface area contributed by atoms with Gasteiger partial charge in [-0.25, -0.2) is 0 Å². The van der Waals surface area contributed by atoms with E-state index in [1.807, 2.05) is 12.1 Å². The number of carbonyl (C=O) groups is 1. The number of halogens is 2. The van der Waals surface area contributed by atoms with Gasteiger partial charge in [0.05, 0.1) is 10.0 Å². The van der Waals surface area contributed by atoms with E-state index in [1.165, 1.54) is 0 Å². The van der Waals surface area contributed by atoms with Crippen LogP contribution in [0.4, 0.5) is 0 Å². The number of amides is 1. The zero-order chi connectivity index (χ0) is 12.1. The van der Waals surface area contributed by atoms with E-state index in [0.717, 1.165) is 5.56 Å². The molecule has 1 rings (SSSR count). The first kappa shape index (κ1) is 13.3. The molecule has 0 aliphatic heterocycles. The molecule has 2 N–H and O–H groups in total. The van der Waals surface area contributed by atoms with Crippen LogP contribution >= 0.6 is 23.2 Å². The summed E-state index contributed by atoms with van der Waals surface area (Å²) in [5, 5.41) is 0.996. The monoisotopic (exact) mass is 260 g/mol. The molecular formula is C11H14Cl2N2O. The van der Waals surface area contributed by atoms with Crippen LogP contribution in [0, 0.1) is 0 Å². The van der Waals surface area contributed by atoms with E-state index in [0.29, 0.717) is 29.6 Å². The van der Waals surface area contributed by atoms with Crippen LogP contribution in [0.2, 0.25) is 10.0 Å². The Bertz CT molecular complexity index is 382. The number of nitrogens with two attached hydrogens (primary N) is 1. The van der Waals surface area contributed by atoms with Crippen molar-refractivity contribution in [3.8, 4) is 0 Å². The predicted molar refractivity (Wildman–Crippen MR) is 66.6 cm³/mol. The molecule has 0 aliphatic carbocycles. The molecule has 0 bridgehead atoms. The lowest BCUT2D eigenvalue weighted by Gasteiger charge is -2.17. The Morgan fingerprint density at radius 1 is 1.44 bits per heavy atom. The summed E-state index contributed by atoms with van der Waals surface area (Å²) >= 11 is 11.9. The maximum absolute atomic E-state index is 11.5. The van der Waals surface area contributed by atoms with Gasteiger partial charge in [0.15, 0.2) is 0 Å². The van der Waals surface area contributed by atoms with Crippen LogP contribution in [-0.2, 0) is 11.3 Å². The van der Waals surface area contributed by atoms with Gasteiger partial charge in [0.25, 0.3) is 0 Å². The molecule has 1 aromatic carbocycles. The van der Waals surface area contributed by atoms with Gasteiger partial charge in [-0.2, -0.15) is 0 Å². The lowest BCUT2D eigenvalue weighted by Crippen LogP contribution is -2.28. The molecule has 88 valence electrons. The van der Waals surface area contributed by atoms with Gasteiger partial charge in [-0.15, -0.1) is 0 Å². The summed E-state index contributed by atoms with van der Waals surface area (Å²) in [5.74, 6) is -0.00135. The predicted octanol–water partition coefficient (Wildman–Crippen LogP) is 2.30. The maximum atomic E-state index is 11.5. The number of nitrogens with zero attached hydrogens (tertiary/aromatic N) is 1. The summed E-state index contributed by atoms with van der Waals surface area (Å²) in [6, 6.07) is 5.38. The minimum absolute atomic E-state index is 0.00135. The van der Waals surface area contributed by atoms with E-state index in [9.17, 15) is 4.79 Å². The average molecular weight is 261 g/mol. The lowest BCUT2D eigenvalue weighted by atomic mass is 10.2. The fourth-order valence-electron chi connectivity index (χ4n) is 1.33. The summed E-state index contributed by atoms with van der Waals surface area (Å²) in [6.07, 6.45) is 0.342. The molecule has 0 fully saturated rings. The second-order valence-corrected chi connectivity index (χ2v) is 4.29. The number of hydrogen-bond acceptors (Lipinski definition) is 2. The molecule has 0 aromatic heterocycles. The van der Waals surface area contributed by atoms with Crippen LogP contribution in [0.3, 0.4) is 0 Å². The van der Waals surface area contributed by atoms with Crippen LogP contribution in [0.1, 0.15) is 12.0 Å². The van der Waals surface area contributed by atoms with Crippen LogP contribution in [0.15, 0.2) is 18.2 Å². The summed E-state index contributed by atoms with van der Waals surface area (Å²) in [6.45, 7) is 0.796. The van der Waals surface area contributed by atoms with Gasteiger partial charge in [0.1, 0.15) is 0 Å². The Morgan fingerprint density at radius 2 is 2.12 bits per heavy atom. The Hall–Kier alpha value is -0.770. The highest BCUT2D eigenvalue weighted by atomic mass is 35.5. The Morgan fingerprint density at radius 3 is 2.75 bits per heavy atom. The van der Waals surface area contributed by atoms with Crippen molar-refractivity contribution in [2.24, 2.45) is 5.73 Å². The van der Waals surface area contributed by atoms with Crippen molar-refractivity contribution in [1.29, 1.82) is 0 Å². The molecular weight excluding hydrogens is 247 g/mol. The number of benzene rings is 1. The van der Waals surface area contributed by atoms with Crippen molar-refractivity contribution < 1.29 is 4.79 Å². The Balaban J connectivity index is 2.73. The zero-order valence-corrected chi connectivity index (χ0v) is 10.6. The molecule has 16 heavy (non-hydrogen) atoms. The molecule has 0 unspecified atom stereocenters. The molecule has 0 saturated heterocycles. The van der Waals surface area contributed by atoms with Crippen molar-refractivity contribution in [2.75, 3.05) is 13.6 Å². The maximum Gasteiger partial charge on any atom is 0.223 e. The number of rotatable bonds is 4. The number of hydrogen-bond donors (Lipinski definition) is 1. The van der Waals surface area contributed by atoms with Crippen LogP contribution in [-0.4, -0.2) is 24.4 Å². The largest absolute Gasteiger partial charge is 0.341 e. The fourth-order valence-corrected chi connectivity index (χ4v) is 1.71. The number of carbonyl (C=O) groups excluding carboxylic acids is 1. The quantitative estimate of drug-likeness (QED) is 0.903. The van der Waals surface area contributed by atoms with E-state index in [-0.39, 0.29) is 5.91 Å². The zero-order valence-electron chi connectivity index (χ0n) is 9.04. The second-order valence-electron chi connectivity index (χ2n) is 3.50. The molecule has 3 nitrogen and oxygen atoms in total. The van der Waals surface area contributed by atoms with Crippen LogP contribution in [0.25, 0.3) is 0 Å². The van der Waals surface area contributed by atoms with Gasteiger partial charge in [0, 0.05) is 26.6 Å². The lowest BCUT2D eigenvalue weighted by molar-refractivity contribution is -0.130. The molecule has 1 amide bonds. The summed E-state index contributed by atoms with van der Waals surface area (Å²) in [5.41, 5.74) is 6.16. The molecule has 0 heterocycles. The molecule has 5 heteroatoms. The SMILES string of the molecule is CN(Cc1cccc(Cl)c1Cl)C(=O)CCN. The van der Waals surface area contributed by atoms with Crippen molar-refractivity contribution in [3.63, 3.8) is 0 Å². The van der Waals surface area contributed by atoms with Crippen LogP contribution in [0.5, 0.6) is 0 Å². The minimum Gasteiger partial charge on any atom is -0.341 e. The molecule has 0 aliphatic rings. The molecule has 0 saturated carbocycles. The highest BCUT2D eigenvalue weighted by Gasteiger charge is 2.11. The first-order chi connectivity index (χ1) is 7.56. The molecule has 0 atom stereocenters. The van der Waals surface area contributed by atoms with Gasteiger partial charge in [-0.3, -0.25) is 4.79 Å². The summed E-state index contributed by atoms with van der Waals surface area (Å²) < 4.78 is 0. The standard InChI is InChI=1S/C11H14Cl2N2O/c1-15(10(16)5-6-14)7-8-3-2-4-9(12)11(8)13/h2-4H,5-7,14H2,1H3. The third-order valence-electron chi connectivity index (χ3n) is 2.22. The summed E-state index contributed by atoms with van der Waals surface area (Å²) in [4.78, 5) is 13.1. The Labute approximate surface area is 105 Å². The first-order valence-corrected chi connectivity index (χ1v) is 5.68. The average Bonchev–Trinajstić information content (AvgIpc) is 2.25. The smallest absolute Gasteiger partial charge is 0.223 e. The van der Waals surface area contributed by atoms with Crippen molar-refractivity contribution in [3.05, 3.63) is 33.8 Å². The topological polar surface area (TPSA) is 46.3 Å². The van der Waals surface area contributed by atoms with E-state index in [4.69, 9.17) is 28.9 Å². The van der Waals surface area contributed by atoms with E-state index in [2.05, 4.69) is 0 Å². The normalized spacial score (nSPS) is 10.2. The minimum atomic E-state index is -0.00135. The molecule has 1 aromatic rings.